The molecule has 1 rings (SSSR count). The lowest BCUT2D eigenvalue weighted by molar-refractivity contribution is 0.574. The monoisotopic (exact) mass is 212 g/mol. The van der Waals surface area contributed by atoms with E-state index in [0.29, 0.717) is 6.04 Å². The minimum Gasteiger partial charge on any atom is -0.328 e. The Hall–Kier alpha value is -0.380. The largest absolute Gasteiger partial charge is 0.328 e. The van der Waals surface area contributed by atoms with Gasteiger partial charge in [0.15, 0.2) is 0 Å². The van der Waals surface area contributed by atoms with Crippen molar-refractivity contribution in [2.24, 2.45) is 5.73 Å². The Morgan fingerprint density at radius 2 is 2.29 bits per heavy atom. The van der Waals surface area contributed by atoms with Crippen molar-refractivity contribution in [3.63, 3.8) is 0 Å². The minimum absolute atomic E-state index is 0.333. The molecule has 1 aromatic rings. The van der Waals surface area contributed by atoms with Crippen LogP contribution in [0.3, 0.4) is 0 Å². The van der Waals surface area contributed by atoms with Gasteiger partial charge in [-0.05, 0) is 55.1 Å². The molecule has 0 saturated heterocycles. The molecule has 0 radical (unpaired) electrons. The Kier molecular flexibility index (Phi) is 5.15. The van der Waals surface area contributed by atoms with Gasteiger partial charge >= 0.3 is 0 Å². The predicted molar refractivity (Wildman–Crippen MR) is 63.6 cm³/mol. The summed E-state index contributed by atoms with van der Waals surface area (Å²) in [5.74, 6) is 0. The van der Waals surface area contributed by atoms with Gasteiger partial charge in [-0.15, -0.1) is 0 Å². The minimum atomic E-state index is 0.333. The van der Waals surface area contributed by atoms with Crippen molar-refractivity contribution in [1.29, 1.82) is 0 Å². The molecule has 1 heterocycles. The highest BCUT2D eigenvalue weighted by Crippen LogP contribution is 2.12. The molecule has 0 saturated carbocycles. The summed E-state index contributed by atoms with van der Waals surface area (Å²) in [5, 5.41) is 7.84. The van der Waals surface area contributed by atoms with Gasteiger partial charge in [-0.1, -0.05) is 0 Å². The first-order valence-electron chi connectivity index (χ1n) is 5.18. The van der Waals surface area contributed by atoms with Crippen molar-refractivity contribution in [2.75, 3.05) is 6.54 Å². The Morgan fingerprint density at radius 1 is 1.50 bits per heavy atom. The molecule has 3 N–H and O–H groups in total. The first-order valence-corrected chi connectivity index (χ1v) is 6.12. The zero-order chi connectivity index (χ0) is 10.4. The van der Waals surface area contributed by atoms with Crippen molar-refractivity contribution in [1.82, 2.24) is 5.32 Å². The summed E-state index contributed by atoms with van der Waals surface area (Å²) >= 11 is 1.77. The van der Waals surface area contributed by atoms with Crippen LogP contribution in [0.25, 0.3) is 0 Å². The van der Waals surface area contributed by atoms with Gasteiger partial charge in [-0.25, -0.2) is 0 Å². The van der Waals surface area contributed by atoms with E-state index in [4.69, 9.17) is 5.73 Å². The van der Waals surface area contributed by atoms with Crippen LogP contribution in [-0.2, 0) is 6.54 Å². The number of aryl methyl sites for hydroxylation is 1. The average molecular weight is 212 g/mol. The van der Waals surface area contributed by atoms with Gasteiger partial charge in [0.25, 0.3) is 0 Å². The molecule has 0 amide bonds. The Bertz CT molecular complexity index is 256. The van der Waals surface area contributed by atoms with E-state index in [0.717, 1.165) is 19.5 Å². The smallest absolute Gasteiger partial charge is 0.0216 e. The fraction of sp³-hybridized carbons (Fsp3) is 0.636. The Labute approximate surface area is 90.5 Å². The molecule has 1 aromatic heterocycles. The van der Waals surface area contributed by atoms with Crippen LogP contribution in [0.4, 0.5) is 0 Å². The van der Waals surface area contributed by atoms with Gasteiger partial charge in [0.2, 0.25) is 0 Å². The van der Waals surface area contributed by atoms with Crippen LogP contribution in [0.2, 0.25) is 0 Å². The number of rotatable bonds is 6. The van der Waals surface area contributed by atoms with Crippen molar-refractivity contribution >= 4 is 11.3 Å². The molecule has 0 aliphatic rings. The molecule has 1 unspecified atom stereocenters. The standard InChI is InChI=1S/C11H20N2S/c1-9-7-14-8-11(9)6-13-5-3-4-10(2)12/h7-8,10,13H,3-6,12H2,1-2H3. The van der Waals surface area contributed by atoms with E-state index in [-0.39, 0.29) is 0 Å². The van der Waals surface area contributed by atoms with Crippen LogP contribution >= 0.6 is 11.3 Å². The Balaban J connectivity index is 2.08. The van der Waals surface area contributed by atoms with Crippen LogP contribution in [-0.4, -0.2) is 12.6 Å². The molecule has 0 aliphatic carbocycles. The van der Waals surface area contributed by atoms with Crippen molar-refractivity contribution < 1.29 is 0 Å². The van der Waals surface area contributed by atoms with E-state index < -0.39 is 0 Å². The second-order valence-corrected chi connectivity index (χ2v) is 4.62. The maximum atomic E-state index is 5.67. The van der Waals surface area contributed by atoms with E-state index in [9.17, 15) is 0 Å². The summed E-state index contributed by atoms with van der Waals surface area (Å²) in [6, 6.07) is 0.333. The molecule has 0 bridgehead atoms. The fourth-order valence-corrected chi connectivity index (χ4v) is 2.20. The van der Waals surface area contributed by atoms with Crippen LogP contribution < -0.4 is 11.1 Å². The highest BCUT2D eigenvalue weighted by atomic mass is 32.1. The van der Waals surface area contributed by atoms with Crippen LogP contribution in [0.5, 0.6) is 0 Å². The van der Waals surface area contributed by atoms with E-state index in [1.165, 1.54) is 17.5 Å². The third-order valence-electron chi connectivity index (χ3n) is 2.29. The zero-order valence-corrected chi connectivity index (χ0v) is 9.86. The quantitative estimate of drug-likeness (QED) is 0.710. The molecular weight excluding hydrogens is 192 g/mol. The number of hydrogen-bond acceptors (Lipinski definition) is 3. The van der Waals surface area contributed by atoms with Gasteiger partial charge in [0.05, 0.1) is 0 Å². The average Bonchev–Trinajstić information content (AvgIpc) is 2.51. The lowest BCUT2D eigenvalue weighted by Crippen LogP contribution is -2.19. The molecule has 1 atom stereocenters. The summed E-state index contributed by atoms with van der Waals surface area (Å²) in [7, 11) is 0. The van der Waals surface area contributed by atoms with Gasteiger partial charge in [0.1, 0.15) is 0 Å². The van der Waals surface area contributed by atoms with Gasteiger partial charge in [-0.3, -0.25) is 0 Å². The topological polar surface area (TPSA) is 38.0 Å². The molecular formula is C11H20N2S. The molecule has 0 spiro atoms. The third kappa shape index (κ3) is 4.22. The maximum absolute atomic E-state index is 5.67. The van der Waals surface area contributed by atoms with Crippen molar-refractivity contribution in [3.05, 3.63) is 21.9 Å². The number of nitrogens with one attached hydrogen (secondary N) is 1. The summed E-state index contributed by atoms with van der Waals surface area (Å²) in [6.45, 7) is 6.28. The first-order chi connectivity index (χ1) is 6.70. The SMILES string of the molecule is Cc1cscc1CNCCCC(C)N. The Morgan fingerprint density at radius 3 is 2.86 bits per heavy atom. The number of nitrogens with two attached hydrogens (primary N) is 1. The summed E-state index contributed by atoms with van der Waals surface area (Å²) in [4.78, 5) is 0. The molecule has 0 fully saturated rings. The zero-order valence-electron chi connectivity index (χ0n) is 9.05. The van der Waals surface area contributed by atoms with Crippen LogP contribution in [0.15, 0.2) is 10.8 Å². The van der Waals surface area contributed by atoms with Gasteiger partial charge in [0, 0.05) is 12.6 Å². The van der Waals surface area contributed by atoms with Crippen molar-refractivity contribution in [3.8, 4) is 0 Å². The van der Waals surface area contributed by atoms with Crippen LogP contribution in [0.1, 0.15) is 30.9 Å². The second kappa shape index (κ2) is 6.17. The highest BCUT2D eigenvalue weighted by molar-refractivity contribution is 7.08. The van der Waals surface area contributed by atoms with E-state index in [1.807, 2.05) is 0 Å². The number of thiophene rings is 1. The molecule has 2 nitrogen and oxygen atoms in total. The fourth-order valence-electron chi connectivity index (χ4n) is 1.34. The summed E-state index contributed by atoms with van der Waals surface area (Å²) < 4.78 is 0. The number of hydrogen-bond donors (Lipinski definition) is 2. The van der Waals surface area contributed by atoms with E-state index >= 15 is 0 Å². The molecule has 0 aromatic carbocycles. The maximum Gasteiger partial charge on any atom is 0.0216 e. The predicted octanol–water partition coefficient (Wildman–Crippen LogP) is 2.27. The summed E-state index contributed by atoms with van der Waals surface area (Å²) in [5.41, 5.74) is 8.49. The molecule has 3 heteroatoms. The molecule has 0 aliphatic heterocycles. The lowest BCUT2D eigenvalue weighted by atomic mass is 10.2. The van der Waals surface area contributed by atoms with Crippen LogP contribution in [0, 0.1) is 6.92 Å². The van der Waals surface area contributed by atoms with Gasteiger partial charge < -0.3 is 11.1 Å². The van der Waals surface area contributed by atoms with Gasteiger partial charge in [-0.2, -0.15) is 11.3 Å². The van der Waals surface area contributed by atoms with E-state index in [1.54, 1.807) is 11.3 Å². The summed E-state index contributed by atoms with van der Waals surface area (Å²) in [6.07, 6.45) is 2.27. The first kappa shape index (κ1) is 11.7. The lowest BCUT2D eigenvalue weighted by Gasteiger charge is -2.06. The second-order valence-electron chi connectivity index (χ2n) is 3.88. The normalized spacial score (nSPS) is 13.1. The molecule has 80 valence electrons. The highest BCUT2D eigenvalue weighted by Gasteiger charge is 1.98. The van der Waals surface area contributed by atoms with Crippen molar-refractivity contribution in [2.45, 2.75) is 39.3 Å². The third-order valence-corrected chi connectivity index (χ3v) is 3.20. The van der Waals surface area contributed by atoms with E-state index in [2.05, 4.69) is 29.9 Å². The molecule has 14 heavy (non-hydrogen) atoms.